The van der Waals surface area contributed by atoms with Crippen LogP contribution < -0.4 is 5.32 Å². The van der Waals surface area contributed by atoms with Crippen molar-refractivity contribution >= 4 is 5.91 Å². The molecule has 6 nitrogen and oxygen atoms in total. The average molecular weight is 249 g/mol. The number of nitrogens with zero attached hydrogens (tertiary/aromatic N) is 4. The van der Waals surface area contributed by atoms with E-state index in [1.54, 1.807) is 18.3 Å². The minimum Gasteiger partial charge on any atom is -0.337 e. The molecule has 1 N–H and O–H groups in total. The van der Waals surface area contributed by atoms with Crippen molar-refractivity contribution in [1.29, 1.82) is 0 Å². The fraction of sp³-hybridized carbons (Fsp3) is 0.583. The van der Waals surface area contributed by atoms with Crippen molar-refractivity contribution in [3.8, 4) is 0 Å². The SMILES string of the molecule is CC(C)n1cnnc1CN(C)C(=O)[C@H]1C=CCN1. The maximum Gasteiger partial charge on any atom is 0.243 e. The van der Waals surface area contributed by atoms with Gasteiger partial charge in [0.05, 0.1) is 6.54 Å². The predicted molar refractivity (Wildman–Crippen MR) is 67.8 cm³/mol. The molecular formula is C12H19N5O. The van der Waals surface area contributed by atoms with Crippen molar-refractivity contribution in [1.82, 2.24) is 25.0 Å². The third-order valence-corrected chi connectivity index (χ3v) is 3.01. The number of rotatable bonds is 4. The summed E-state index contributed by atoms with van der Waals surface area (Å²) in [5.74, 6) is 0.866. The molecule has 1 amide bonds. The number of aromatic nitrogens is 3. The highest BCUT2D eigenvalue weighted by Gasteiger charge is 2.22. The van der Waals surface area contributed by atoms with E-state index < -0.39 is 0 Å². The fourth-order valence-corrected chi connectivity index (χ4v) is 1.98. The van der Waals surface area contributed by atoms with Crippen molar-refractivity contribution in [3.63, 3.8) is 0 Å². The summed E-state index contributed by atoms with van der Waals surface area (Å²) >= 11 is 0. The minimum absolute atomic E-state index is 0.0575. The molecule has 0 bridgehead atoms. The summed E-state index contributed by atoms with van der Waals surface area (Å²) in [6, 6.07) is 0.0911. The number of carbonyl (C=O) groups is 1. The van der Waals surface area contributed by atoms with E-state index >= 15 is 0 Å². The monoisotopic (exact) mass is 249 g/mol. The van der Waals surface area contributed by atoms with Gasteiger partial charge in [-0.25, -0.2) is 0 Å². The molecule has 98 valence electrons. The lowest BCUT2D eigenvalue weighted by atomic mass is 10.2. The van der Waals surface area contributed by atoms with Gasteiger partial charge in [-0.2, -0.15) is 0 Å². The van der Waals surface area contributed by atoms with Crippen LogP contribution in [0.25, 0.3) is 0 Å². The van der Waals surface area contributed by atoms with Crippen LogP contribution in [0.1, 0.15) is 25.7 Å². The van der Waals surface area contributed by atoms with Gasteiger partial charge in [0.2, 0.25) is 5.91 Å². The van der Waals surface area contributed by atoms with Crippen LogP contribution in [0.4, 0.5) is 0 Å². The van der Waals surface area contributed by atoms with Gasteiger partial charge in [-0.1, -0.05) is 12.2 Å². The summed E-state index contributed by atoms with van der Waals surface area (Å²) in [4.78, 5) is 13.8. The van der Waals surface area contributed by atoms with Crippen LogP contribution >= 0.6 is 0 Å². The van der Waals surface area contributed by atoms with Crippen LogP contribution in [0.2, 0.25) is 0 Å². The molecule has 0 aromatic carbocycles. The molecular weight excluding hydrogens is 230 g/mol. The largest absolute Gasteiger partial charge is 0.337 e. The molecule has 2 rings (SSSR count). The lowest BCUT2D eigenvalue weighted by molar-refractivity contribution is -0.131. The molecule has 2 heterocycles. The third kappa shape index (κ3) is 2.59. The molecule has 18 heavy (non-hydrogen) atoms. The Labute approximate surface area is 107 Å². The highest BCUT2D eigenvalue weighted by molar-refractivity contribution is 5.84. The van der Waals surface area contributed by atoms with E-state index in [1.807, 2.05) is 16.7 Å². The smallest absolute Gasteiger partial charge is 0.243 e. The van der Waals surface area contributed by atoms with E-state index in [4.69, 9.17) is 0 Å². The number of likely N-dealkylation sites (N-methyl/N-ethyl adjacent to an activating group) is 1. The van der Waals surface area contributed by atoms with Gasteiger partial charge >= 0.3 is 0 Å². The maximum absolute atomic E-state index is 12.1. The normalized spacial score (nSPS) is 18.6. The summed E-state index contributed by atoms with van der Waals surface area (Å²) in [5.41, 5.74) is 0. The first-order valence-electron chi connectivity index (χ1n) is 6.13. The second kappa shape index (κ2) is 5.30. The van der Waals surface area contributed by atoms with Gasteiger partial charge in [0, 0.05) is 19.6 Å². The summed E-state index contributed by atoms with van der Waals surface area (Å²) in [5, 5.41) is 11.1. The van der Waals surface area contributed by atoms with Gasteiger partial charge in [0.1, 0.15) is 12.4 Å². The molecule has 1 aromatic rings. The van der Waals surface area contributed by atoms with Gasteiger partial charge < -0.3 is 9.47 Å². The molecule has 1 aromatic heterocycles. The number of hydrogen-bond acceptors (Lipinski definition) is 4. The van der Waals surface area contributed by atoms with Crippen LogP contribution in [-0.2, 0) is 11.3 Å². The summed E-state index contributed by atoms with van der Waals surface area (Å²) in [6.07, 6.45) is 5.56. The highest BCUT2D eigenvalue weighted by Crippen LogP contribution is 2.09. The van der Waals surface area contributed by atoms with Crippen molar-refractivity contribution in [2.24, 2.45) is 0 Å². The van der Waals surface area contributed by atoms with Gasteiger partial charge in [-0.15, -0.1) is 10.2 Å². The van der Waals surface area contributed by atoms with Gasteiger partial charge in [-0.05, 0) is 13.8 Å². The molecule has 0 radical (unpaired) electrons. The van der Waals surface area contributed by atoms with E-state index in [9.17, 15) is 4.79 Å². The molecule has 1 aliphatic heterocycles. The van der Waals surface area contributed by atoms with E-state index in [1.165, 1.54) is 0 Å². The van der Waals surface area contributed by atoms with Crippen molar-refractivity contribution in [2.45, 2.75) is 32.5 Å². The molecule has 0 saturated heterocycles. The minimum atomic E-state index is -0.203. The fourth-order valence-electron chi connectivity index (χ4n) is 1.98. The van der Waals surface area contributed by atoms with Crippen LogP contribution in [0.5, 0.6) is 0 Å². The number of amides is 1. The number of nitrogens with one attached hydrogen (secondary N) is 1. The predicted octanol–water partition coefficient (Wildman–Crippen LogP) is 0.345. The zero-order chi connectivity index (χ0) is 13.1. The Morgan fingerprint density at radius 1 is 1.67 bits per heavy atom. The maximum atomic E-state index is 12.1. The number of hydrogen-bond donors (Lipinski definition) is 1. The van der Waals surface area contributed by atoms with E-state index in [0.717, 1.165) is 12.4 Å². The Kier molecular flexibility index (Phi) is 3.76. The zero-order valence-electron chi connectivity index (χ0n) is 11.0. The number of carbonyl (C=O) groups excluding carboxylic acids is 1. The Hall–Kier alpha value is -1.69. The van der Waals surface area contributed by atoms with Crippen LogP contribution in [0, 0.1) is 0 Å². The first-order chi connectivity index (χ1) is 8.59. The van der Waals surface area contributed by atoms with Crippen molar-refractivity contribution in [2.75, 3.05) is 13.6 Å². The van der Waals surface area contributed by atoms with E-state index in [-0.39, 0.29) is 11.9 Å². The molecule has 0 spiro atoms. The lowest BCUT2D eigenvalue weighted by Gasteiger charge is -2.21. The van der Waals surface area contributed by atoms with E-state index in [0.29, 0.717) is 12.6 Å². The molecule has 0 fully saturated rings. The summed E-state index contributed by atoms with van der Waals surface area (Å²) in [6.45, 7) is 5.36. The van der Waals surface area contributed by atoms with Gasteiger partial charge in [0.15, 0.2) is 5.82 Å². The lowest BCUT2D eigenvalue weighted by Crippen LogP contribution is -2.41. The van der Waals surface area contributed by atoms with Crippen molar-refractivity contribution < 1.29 is 4.79 Å². The highest BCUT2D eigenvalue weighted by atomic mass is 16.2. The van der Waals surface area contributed by atoms with Gasteiger partial charge in [-0.3, -0.25) is 10.1 Å². The zero-order valence-corrected chi connectivity index (χ0v) is 11.0. The molecule has 1 atom stereocenters. The summed E-state index contributed by atoms with van der Waals surface area (Å²) < 4.78 is 1.97. The molecule has 6 heteroatoms. The second-order valence-electron chi connectivity index (χ2n) is 4.76. The van der Waals surface area contributed by atoms with Gasteiger partial charge in [0.25, 0.3) is 0 Å². The first-order valence-corrected chi connectivity index (χ1v) is 6.13. The van der Waals surface area contributed by atoms with E-state index in [2.05, 4.69) is 29.4 Å². The van der Waals surface area contributed by atoms with Crippen LogP contribution in [0.15, 0.2) is 18.5 Å². The quantitative estimate of drug-likeness (QED) is 0.782. The summed E-state index contributed by atoms with van der Waals surface area (Å²) in [7, 11) is 1.79. The van der Waals surface area contributed by atoms with Crippen LogP contribution in [-0.4, -0.2) is 45.2 Å². The first kappa shape index (κ1) is 12.8. The molecule has 1 aliphatic rings. The Balaban J connectivity index is 2.02. The standard InChI is InChI=1S/C12H19N5O/c1-9(2)17-8-14-15-11(17)7-16(3)12(18)10-5-4-6-13-10/h4-5,8-10,13H,6-7H2,1-3H3/t10-/m1/s1. The topological polar surface area (TPSA) is 63.1 Å². The molecule has 0 saturated carbocycles. The Morgan fingerprint density at radius 2 is 2.44 bits per heavy atom. The van der Waals surface area contributed by atoms with Crippen LogP contribution in [0.3, 0.4) is 0 Å². The second-order valence-corrected chi connectivity index (χ2v) is 4.76. The molecule has 0 aliphatic carbocycles. The Morgan fingerprint density at radius 3 is 3.06 bits per heavy atom. The molecule has 0 unspecified atom stereocenters. The average Bonchev–Trinajstić information content (AvgIpc) is 2.98. The Bertz CT molecular complexity index is 451. The third-order valence-electron chi connectivity index (χ3n) is 3.01. The van der Waals surface area contributed by atoms with Crippen molar-refractivity contribution in [3.05, 3.63) is 24.3 Å².